The van der Waals surface area contributed by atoms with E-state index in [1.54, 1.807) is 45.0 Å². The Kier molecular flexibility index (Phi) is 6.28. The number of carbonyl (C=O) groups is 3. The number of ether oxygens (including phenoxy) is 1. The zero-order valence-corrected chi connectivity index (χ0v) is 14.5. The van der Waals surface area contributed by atoms with E-state index in [4.69, 9.17) is 9.84 Å². The van der Waals surface area contributed by atoms with Crippen LogP contribution in [0.5, 0.6) is 0 Å². The highest BCUT2D eigenvalue weighted by Crippen LogP contribution is 2.32. The largest absolute Gasteiger partial charge is 0.480 e. The molecule has 0 saturated carbocycles. The topological polar surface area (TPSA) is 113 Å². The van der Waals surface area contributed by atoms with Gasteiger partial charge in [-0.25, -0.2) is 9.59 Å². The van der Waals surface area contributed by atoms with Gasteiger partial charge in [0.05, 0.1) is 5.60 Å². The number of nitrogens with one attached hydrogen (secondary N) is 1. The Morgan fingerprint density at radius 3 is 2.17 bits per heavy atom. The molecule has 7 nitrogen and oxygen atoms in total. The number of halogens is 1. The molecule has 0 fully saturated rings. The molecule has 8 heteroatoms. The average Bonchev–Trinajstić information content (AvgIpc) is 2.41. The molecule has 2 atom stereocenters. The van der Waals surface area contributed by atoms with Crippen molar-refractivity contribution in [2.24, 2.45) is 0 Å². The number of carboxylic acid groups (broad SMARTS) is 2. The number of aliphatic carboxylic acids is 2. The van der Waals surface area contributed by atoms with Crippen LogP contribution in [0, 0.1) is 0 Å². The predicted octanol–water partition coefficient (Wildman–Crippen LogP) is 1.96. The first-order valence-electron chi connectivity index (χ1n) is 6.72. The maximum absolute atomic E-state index is 11.6. The third-order valence-electron chi connectivity index (χ3n) is 2.74. The summed E-state index contributed by atoms with van der Waals surface area (Å²) in [6.45, 7) is 5.19. The second kappa shape index (κ2) is 7.56. The van der Waals surface area contributed by atoms with E-state index < -0.39 is 35.6 Å². The minimum Gasteiger partial charge on any atom is -0.480 e. The van der Waals surface area contributed by atoms with Crippen LogP contribution in [0.4, 0.5) is 0 Å². The smallest absolute Gasteiger partial charge is 0.394 e. The Bertz CT molecular complexity index is 610. The summed E-state index contributed by atoms with van der Waals surface area (Å²) in [5.74, 6) is -4.57. The average molecular weight is 388 g/mol. The third-order valence-corrected chi connectivity index (χ3v) is 3.46. The SMILES string of the molecule is CC(C)(C)O[C@@H](c1ccccc1Br)[C@@H](NC(=O)C(=O)O)C(=O)O. The van der Waals surface area contributed by atoms with Crippen molar-refractivity contribution >= 4 is 33.8 Å². The van der Waals surface area contributed by atoms with Gasteiger partial charge in [0.25, 0.3) is 0 Å². The molecule has 23 heavy (non-hydrogen) atoms. The fourth-order valence-corrected chi connectivity index (χ4v) is 2.38. The number of benzene rings is 1. The molecule has 1 amide bonds. The molecule has 1 aromatic rings. The lowest BCUT2D eigenvalue weighted by Crippen LogP contribution is -2.49. The maximum Gasteiger partial charge on any atom is 0.394 e. The van der Waals surface area contributed by atoms with Gasteiger partial charge in [-0.3, -0.25) is 4.79 Å². The van der Waals surface area contributed by atoms with Gasteiger partial charge in [0.2, 0.25) is 0 Å². The zero-order valence-electron chi connectivity index (χ0n) is 12.9. The molecule has 0 heterocycles. The molecular weight excluding hydrogens is 370 g/mol. The lowest BCUT2D eigenvalue weighted by atomic mass is 10.0. The normalized spacial score (nSPS) is 13.9. The second-order valence-corrected chi connectivity index (χ2v) is 6.62. The summed E-state index contributed by atoms with van der Waals surface area (Å²) in [6, 6.07) is 5.22. The fourth-order valence-electron chi connectivity index (χ4n) is 1.87. The van der Waals surface area contributed by atoms with Crippen LogP contribution >= 0.6 is 15.9 Å². The van der Waals surface area contributed by atoms with Crippen LogP contribution in [-0.2, 0) is 19.1 Å². The molecule has 0 aromatic heterocycles. The van der Waals surface area contributed by atoms with Gasteiger partial charge in [-0.1, -0.05) is 34.1 Å². The van der Waals surface area contributed by atoms with E-state index in [2.05, 4.69) is 15.9 Å². The van der Waals surface area contributed by atoms with Crippen molar-refractivity contribution in [3.8, 4) is 0 Å². The van der Waals surface area contributed by atoms with E-state index >= 15 is 0 Å². The van der Waals surface area contributed by atoms with Crippen molar-refractivity contribution in [2.45, 2.75) is 38.5 Å². The Labute approximate surface area is 141 Å². The monoisotopic (exact) mass is 387 g/mol. The van der Waals surface area contributed by atoms with E-state index in [0.29, 0.717) is 10.0 Å². The van der Waals surface area contributed by atoms with Crippen LogP contribution in [0.15, 0.2) is 28.7 Å². The predicted molar refractivity (Wildman–Crippen MR) is 84.9 cm³/mol. The number of carbonyl (C=O) groups excluding carboxylic acids is 1. The first kappa shape index (κ1) is 19.1. The first-order chi connectivity index (χ1) is 10.5. The Hall–Kier alpha value is -1.93. The number of carboxylic acids is 2. The number of hydrogen-bond acceptors (Lipinski definition) is 4. The molecule has 0 spiro atoms. The minimum atomic E-state index is -1.77. The van der Waals surface area contributed by atoms with Crippen LogP contribution in [0.25, 0.3) is 0 Å². The van der Waals surface area contributed by atoms with E-state index in [9.17, 15) is 19.5 Å². The van der Waals surface area contributed by atoms with Crippen LogP contribution < -0.4 is 5.32 Å². The van der Waals surface area contributed by atoms with Gasteiger partial charge in [0, 0.05) is 4.47 Å². The molecule has 0 unspecified atom stereocenters. The fraction of sp³-hybridized carbons (Fsp3) is 0.400. The van der Waals surface area contributed by atoms with E-state index in [0.717, 1.165) is 0 Å². The molecule has 3 N–H and O–H groups in total. The number of amides is 1. The lowest BCUT2D eigenvalue weighted by molar-refractivity contribution is -0.157. The summed E-state index contributed by atoms with van der Waals surface area (Å²) >= 11 is 3.32. The summed E-state index contributed by atoms with van der Waals surface area (Å²) in [5, 5.41) is 20.1. The molecule has 0 saturated heterocycles. The van der Waals surface area contributed by atoms with Gasteiger partial charge in [-0.05, 0) is 32.4 Å². The summed E-state index contributed by atoms with van der Waals surface area (Å²) in [4.78, 5) is 33.7. The second-order valence-electron chi connectivity index (χ2n) is 5.77. The zero-order chi connectivity index (χ0) is 17.8. The van der Waals surface area contributed by atoms with Gasteiger partial charge in [-0.2, -0.15) is 0 Å². The van der Waals surface area contributed by atoms with Crippen molar-refractivity contribution in [1.29, 1.82) is 0 Å². The highest BCUT2D eigenvalue weighted by atomic mass is 79.9. The van der Waals surface area contributed by atoms with Crippen molar-refractivity contribution in [2.75, 3.05) is 0 Å². The van der Waals surface area contributed by atoms with Crippen molar-refractivity contribution in [3.63, 3.8) is 0 Å². The lowest BCUT2D eigenvalue weighted by Gasteiger charge is -2.32. The summed E-state index contributed by atoms with van der Waals surface area (Å²) < 4.78 is 6.38. The molecule has 0 radical (unpaired) electrons. The molecular formula is C15H18BrNO6. The molecule has 1 rings (SSSR count). The van der Waals surface area contributed by atoms with Crippen molar-refractivity contribution in [3.05, 3.63) is 34.3 Å². The summed E-state index contributed by atoms with van der Waals surface area (Å²) in [5.41, 5.74) is -0.234. The van der Waals surface area contributed by atoms with Crippen molar-refractivity contribution < 1.29 is 29.3 Å². The molecule has 0 aliphatic rings. The highest BCUT2D eigenvalue weighted by Gasteiger charge is 2.36. The van der Waals surface area contributed by atoms with Crippen LogP contribution in [0.1, 0.15) is 32.4 Å². The van der Waals surface area contributed by atoms with Crippen molar-refractivity contribution in [1.82, 2.24) is 5.32 Å². The Morgan fingerprint density at radius 1 is 1.17 bits per heavy atom. The van der Waals surface area contributed by atoms with Gasteiger partial charge in [-0.15, -0.1) is 0 Å². The molecule has 0 bridgehead atoms. The van der Waals surface area contributed by atoms with Crippen LogP contribution in [-0.4, -0.2) is 39.7 Å². The highest BCUT2D eigenvalue weighted by molar-refractivity contribution is 9.10. The maximum atomic E-state index is 11.6. The standard InChI is InChI=1S/C15H18BrNO6/c1-15(2,3)23-11(8-6-4-5-7-9(8)16)10(13(19)20)17-12(18)14(21)22/h4-7,10-11H,1-3H3,(H,17,18)(H,19,20)(H,21,22)/t10-,11+/m1/s1. The minimum absolute atomic E-state index is 0.487. The molecule has 0 aliphatic carbocycles. The molecule has 0 aliphatic heterocycles. The van der Waals surface area contributed by atoms with Crippen LogP contribution in [0.3, 0.4) is 0 Å². The molecule has 126 valence electrons. The number of rotatable bonds is 5. The van der Waals surface area contributed by atoms with Crippen LogP contribution in [0.2, 0.25) is 0 Å². The first-order valence-corrected chi connectivity index (χ1v) is 7.51. The van der Waals surface area contributed by atoms with E-state index in [1.165, 1.54) is 0 Å². The molecule has 1 aromatic carbocycles. The summed E-state index contributed by atoms with van der Waals surface area (Å²) in [7, 11) is 0. The number of hydrogen-bond donors (Lipinski definition) is 3. The third kappa shape index (κ3) is 5.65. The quantitative estimate of drug-likeness (QED) is 0.665. The van der Waals surface area contributed by atoms with Gasteiger partial charge in [0.15, 0.2) is 6.04 Å². The van der Waals surface area contributed by atoms with E-state index in [-0.39, 0.29) is 0 Å². The van der Waals surface area contributed by atoms with Gasteiger partial charge >= 0.3 is 17.8 Å². The summed E-state index contributed by atoms with van der Waals surface area (Å²) in [6.07, 6.45) is -1.08. The van der Waals surface area contributed by atoms with E-state index in [1.807, 2.05) is 5.32 Å². The Morgan fingerprint density at radius 2 is 1.74 bits per heavy atom. The van der Waals surface area contributed by atoms with Gasteiger partial charge < -0.3 is 20.3 Å². The van der Waals surface area contributed by atoms with Gasteiger partial charge in [0.1, 0.15) is 6.10 Å². The Balaban J connectivity index is 3.29.